The minimum Gasteiger partial charge on any atom is -0.357 e. The van der Waals surface area contributed by atoms with Crippen molar-refractivity contribution in [2.24, 2.45) is 0 Å². The number of amides is 2. The molecule has 0 saturated heterocycles. The molecule has 0 aliphatic rings. The largest absolute Gasteiger partial charge is 0.357 e. The van der Waals surface area contributed by atoms with Crippen LogP contribution in [-0.4, -0.2) is 42.1 Å². The second-order valence-electron chi connectivity index (χ2n) is 6.45. The van der Waals surface area contributed by atoms with Crippen LogP contribution >= 0.6 is 11.8 Å². The first-order chi connectivity index (χ1) is 13.6. The van der Waals surface area contributed by atoms with Crippen LogP contribution in [0.3, 0.4) is 0 Å². The maximum atomic E-state index is 13.8. The first-order valence-electron chi connectivity index (χ1n) is 9.43. The molecule has 150 valence electrons. The molecule has 0 spiro atoms. The summed E-state index contributed by atoms with van der Waals surface area (Å²) >= 11 is 1.36. The number of hydrogen-bond acceptors (Lipinski definition) is 3. The van der Waals surface area contributed by atoms with Crippen molar-refractivity contribution in [2.45, 2.75) is 31.6 Å². The molecular formula is C22H27FN2O2S. The zero-order chi connectivity index (χ0) is 20.4. The summed E-state index contributed by atoms with van der Waals surface area (Å²) in [4.78, 5) is 26.8. The maximum Gasteiger partial charge on any atom is 0.242 e. The number of benzene rings is 2. The lowest BCUT2D eigenvalue weighted by molar-refractivity contribution is -0.138. The third kappa shape index (κ3) is 6.37. The average Bonchev–Trinajstić information content (AvgIpc) is 2.72. The second-order valence-corrected chi connectivity index (χ2v) is 7.43. The molecule has 1 unspecified atom stereocenters. The van der Waals surface area contributed by atoms with Crippen LogP contribution in [0.2, 0.25) is 0 Å². The lowest BCUT2D eigenvalue weighted by Crippen LogP contribution is -2.50. The monoisotopic (exact) mass is 402 g/mol. The molecule has 0 aromatic heterocycles. The molecule has 0 radical (unpaired) electrons. The van der Waals surface area contributed by atoms with Gasteiger partial charge < -0.3 is 10.2 Å². The first kappa shape index (κ1) is 22.0. The van der Waals surface area contributed by atoms with Gasteiger partial charge in [-0.05, 0) is 30.0 Å². The van der Waals surface area contributed by atoms with E-state index in [0.717, 1.165) is 5.56 Å². The Bertz CT molecular complexity index is 770. The van der Waals surface area contributed by atoms with E-state index in [1.165, 1.54) is 17.8 Å². The van der Waals surface area contributed by atoms with Gasteiger partial charge in [0.05, 0.1) is 5.75 Å². The van der Waals surface area contributed by atoms with Gasteiger partial charge in [0.25, 0.3) is 0 Å². The highest BCUT2D eigenvalue weighted by atomic mass is 32.2. The van der Waals surface area contributed by atoms with Crippen LogP contribution in [0.5, 0.6) is 0 Å². The Morgan fingerprint density at radius 3 is 2.43 bits per heavy atom. The zero-order valence-electron chi connectivity index (χ0n) is 16.4. The van der Waals surface area contributed by atoms with E-state index >= 15 is 0 Å². The molecular weight excluding hydrogens is 375 g/mol. The molecule has 0 bridgehead atoms. The quantitative estimate of drug-likeness (QED) is 0.660. The van der Waals surface area contributed by atoms with Gasteiger partial charge in [0, 0.05) is 19.3 Å². The molecule has 2 rings (SSSR count). The minimum absolute atomic E-state index is 0.104. The minimum atomic E-state index is -0.504. The lowest BCUT2D eigenvalue weighted by Gasteiger charge is -2.30. The Morgan fingerprint density at radius 2 is 1.79 bits per heavy atom. The van der Waals surface area contributed by atoms with Crippen LogP contribution < -0.4 is 5.32 Å². The molecule has 28 heavy (non-hydrogen) atoms. The molecule has 4 nitrogen and oxygen atoms in total. The number of rotatable bonds is 10. The molecule has 1 N–H and O–H groups in total. The summed E-state index contributed by atoms with van der Waals surface area (Å²) in [7, 11) is 1.58. The van der Waals surface area contributed by atoms with Gasteiger partial charge in [-0.3, -0.25) is 9.59 Å². The van der Waals surface area contributed by atoms with Crippen molar-refractivity contribution in [2.75, 3.05) is 19.3 Å². The van der Waals surface area contributed by atoms with Crippen molar-refractivity contribution in [1.82, 2.24) is 10.2 Å². The maximum absolute atomic E-state index is 13.8. The van der Waals surface area contributed by atoms with Gasteiger partial charge in [-0.2, -0.15) is 0 Å². The van der Waals surface area contributed by atoms with Crippen LogP contribution in [0, 0.1) is 5.82 Å². The number of likely N-dealkylation sites (N-methyl/N-ethyl adjacent to an activating group) is 1. The topological polar surface area (TPSA) is 49.4 Å². The Labute approximate surface area is 170 Å². The molecule has 0 saturated carbocycles. The van der Waals surface area contributed by atoms with Crippen LogP contribution in [0.1, 0.15) is 24.5 Å². The fourth-order valence-corrected chi connectivity index (χ4v) is 3.91. The van der Waals surface area contributed by atoms with Gasteiger partial charge in [0.15, 0.2) is 0 Å². The van der Waals surface area contributed by atoms with E-state index < -0.39 is 6.04 Å². The van der Waals surface area contributed by atoms with E-state index in [1.54, 1.807) is 30.1 Å². The zero-order valence-corrected chi connectivity index (χ0v) is 17.2. The van der Waals surface area contributed by atoms with Crippen molar-refractivity contribution in [3.63, 3.8) is 0 Å². The van der Waals surface area contributed by atoms with E-state index in [0.29, 0.717) is 30.7 Å². The fourth-order valence-electron chi connectivity index (χ4n) is 3.01. The number of halogens is 1. The number of hydrogen-bond donors (Lipinski definition) is 1. The van der Waals surface area contributed by atoms with E-state index in [9.17, 15) is 14.0 Å². The molecule has 0 heterocycles. The van der Waals surface area contributed by atoms with Crippen LogP contribution in [0.15, 0.2) is 54.6 Å². The standard InChI is InChI=1S/C22H27FN2O2S/c1-3-20(22(27)24-2)25(14-13-17-9-5-4-6-10-17)21(26)16-28-15-18-11-7-8-12-19(18)23/h4-12,20H,3,13-16H2,1-2H3,(H,24,27). The molecule has 0 fully saturated rings. The van der Waals surface area contributed by atoms with Gasteiger partial charge in [0.1, 0.15) is 11.9 Å². The normalized spacial score (nSPS) is 11.7. The van der Waals surface area contributed by atoms with Gasteiger partial charge in [0.2, 0.25) is 11.8 Å². The van der Waals surface area contributed by atoms with Gasteiger partial charge in [-0.1, -0.05) is 55.5 Å². The highest BCUT2D eigenvalue weighted by molar-refractivity contribution is 7.99. The average molecular weight is 403 g/mol. The predicted octanol–water partition coefficient (Wildman–Crippen LogP) is 3.65. The predicted molar refractivity (Wildman–Crippen MR) is 113 cm³/mol. The van der Waals surface area contributed by atoms with Crippen LogP contribution in [0.4, 0.5) is 4.39 Å². The highest BCUT2D eigenvalue weighted by Crippen LogP contribution is 2.17. The fraction of sp³-hybridized carbons (Fsp3) is 0.364. The van der Waals surface area contributed by atoms with E-state index in [-0.39, 0.29) is 23.4 Å². The highest BCUT2D eigenvalue weighted by Gasteiger charge is 2.27. The lowest BCUT2D eigenvalue weighted by atomic mass is 10.1. The number of thioether (sulfide) groups is 1. The Kier molecular flexibility index (Phi) is 9.01. The summed E-state index contributed by atoms with van der Waals surface area (Å²) in [6, 6.07) is 16.0. The number of nitrogens with one attached hydrogen (secondary N) is 1. The summed E-state index contributed by atoms with van der Waals surface area (Å²) in [5, 5.41) is 2.65. The number of nitrogens with zero attached hydrogens (tertiary/aromatic N) is 1. The number of carbonyl (C=O) groups is 2. The Morgan fingerprint density at radius 1 is 1.11 bits per heavy atom. The molecule has 2 amide bonds. The Hall–Kier alpha value is -2.34. The smallest absolute Gasteiger partial charge is 0.242 e. The van der Waals surface area contributed by atoms with Crippen molar-refractivity contribution in [3.05, 3.63) is 71.5 Å². The second kappa shape index (κ2) is 11.5. The van der Waals surface area contributed by atoms with Crippen molar-refractivity contribution in [1.29, 1.82) is 0 Å². The summed E-state index contributed by atoms with van der Waals surface area (Å²) in [6.45, 7) is 2.37. The molecule has 6 heteroatoms. The molecule has 2 aromatic carbocycles. The molecule has 2 aromatic rings. The van der Waals surface area contributed by atoms with Gasteiger partial charge in [-0.25, -0.2) is 4.39 Å². The van der Waals surface area contributed by atoms with Crippen molar-refractivity contribution < 1.29 is 14.0 Å². The summed E-state index contributed by atoms with van der Waals surface area (Å²) in [5.41, 5.74) is 1.69. The van der Waals surface area contributed by atoms with E-state index in [4.69, 9.17) is 0 Å². The third-order valence-electron chi connectivity index (χ3n) is 4.56. The molecule has 0 aliphatic carbocycles. The van der Waals surface area contributed by atoms with Crippen LogP contribution in [0.25, 0.3) is 0 Å². The Balaban J connectivity index is 2.02. The summed E-state index contributed by atoms with van der Waals surface area (Å²) in [6.07, 6.45) is 1.22. The van der Waals surface area contributed by atoms with Crippen molar-refractivity contribution in [3.8, 4) is 0 Å². The van der Waals surface area contributed by atoms with Crippen molar-refractivity contribution >= 4 is 23.6 Å². The number of carbonyl (C=O) groups excluding carboxylic acids is 2. The van der Waals surface area contributed by atoms with Crippen LogP contribution in [-0.2, 0) is 21.8 Å². The molecule has 0 aliphatic heterocycles. The SMILES string of the molecule is CCC(C(=O)NC)N(CCc1ccccc1)C(=O)CSCc1ccccc1F. The third-order valence-corrected chi connectivity index (χ3v) is 5.52. The summed E-state index contributed by atoms with van der Waals surface area (Å²) < 4.78 is 13.8. The summed E-state index contributed by atoms with van der Waals surface area (Å²) in [5.74, 6) is 0.0918. The van der Waals surface area contributed by atoms with E-state index in [1.807, 2.05) is 37.3 Å². The van der Waals surface area contributed by atoms with Gasteiger partial charge in [-0.15, -0.1) is 11.8 Å². The molecule has 1 atom stereocenters. The first-order valence-corrected chi connectivity index (χ1v) is 10.6. The van der Waals surface area contributed by atoms with E-state index in [2.05, 4.69) is 5.32 Å². The van der Waals surface area contributed by atoms with Gasteiger partial charge >= 0.3 is 0 Å².